The van der Waals surface area contributed by atoms with Crippen LogP contribution >= 0.6 is 0 Å². The van der Waals surface area contributed by atoms with Crippen LogP contribution in [0.4, 0.5) is 10.1 Å². The van der Waals surface area contributed by atoms with Gasteiger partial charge in [-0.25, -0.2) is 4.39 Å². The Labute approximate surface area is 166 Å². The van der Waals surface area contributed by atoms with Crippen LogP contribution in [-0.2, 0) is 18.3 Å². The number of rotatable bonds is 3. The van der Waals surface area contributed by atoms with Crippen molar-refractivity contribution in [3.63, 3.8) is 0 Å². The number of nitrogens with zero attached hydrogens (tertiary/aromatic N) is 3. The lowest BCUT2D eigenvalue weighted by atomic mass is 10.0. The maximum atomic E-state index is 13.2. The third kappa shape index (κ3) is 3.04. The fourth-order valence-corrected chi connectivity index (χ4v) is 3.62. The van der Waals surface area contributed by atoms with Gasteiger partial charge in [-0.15, -0.1) is 0 Å². The predicted molar refractivity (Wildman–Crippen MR) is 110 cm³/mol. The number of amides is 1. The number of hydrogen-bond acceptors (Lipinski definition) is 4. The minimum absolute atomic E-state index is 0.102. The first-order chi connectivity index (χ1) is 13.8. The molecule has 7 heteroatoms. The summed E-state index contributed by atoms with van der Waals surface area (Å²) in [5, 5.41) is 22.6. The Morgan fingerprint density at radius 3 is 2.52 bits per heavy atom. The van der Waals surface area contributed by atoms with Gasteiger partial charge in [0, 0.05) is 44.2 Å². The zero-order chi connectivity index (χ0) is 20.9. The van der Waals surface area contributed by atoms with Crippen LogP contribution < -0.4 is 4.90 Å². The number of phenols is 1. The number of pyridine rings is 1. The molecular formula is C22H20FN3O3. The molecule has 0 unspecified atom stereocenters. The Morgan fingerprint density at radius 2 is 1.86 bits per heavy atom. The summed E-state index contributed by atoms with van der Waals surface area (Å²) in [7, 11) is 3.30. The average Bonchev–Trinajstić information content (AvgIpc) is 2.98. The lowest BCUT2D eigenvalue weighted by Crippen LogP contribution is -2.23. The molecule has 0 bridgehead atoms. The summed E-state index contributed by atoms with van der Waals surface area (Å²) in [6.07, 6.45) is 3.82. The maximum Gasteiger partial charge on any atom is 0.223 e. The highest BCUT2D eigenvalue weighted by atomic mass is 19.1. The number of benzene rings is 2. The number of carbonyl (C=O) groups excluding carboxylic acids is 1. The van der Waals surface area contributed by atoms with Gasteiger partial charge in [0.1, 0.15) is 11.3 Å². The average molecular weight is 393 g/mol. The lowest BCUT2D eigenvalue weighted by molar-refractivity contribution is -0.116. The molecule has 4 aromatic rings. The fraction of sp³-hybridized carbons (Fsp3) is 0.182. The van der Waals surface area contributed by atoms with Gasteiger partial charge >= 0.3 is 0 Å². The molecule has 6 nitrogen and oxygen atoms in total. The summed E-state index contributed by atoms with van der Waals surface area (Å²) in [5.74, 6) is -0.727. The number of phenolic OH excluding ortho intramolecular Hbond substituents is 1. The van der Waals surface area contributed by atoms with Gasteiger partial charge in [-0.3, -0.25) is 9.78 Å². The Hall–Kier alpha value is -3.61. The van der Waals surface area contributed by atoms with Crippen molar-refractivity contribution in [1.82, 2.24) is 9.55 Å². The first-order valence-electron chi connectivity index (χ1n) is 9.08. The highest BCUT2D eigenvalue weighted by Gasteiger charge is 2.23. The maximum absolute atomic E-state index is 13.2. The van der Waals surface area contributed by atoms with Gasteiger partial charge < -0.3 is 19.7 Å². The van der Waals surface area contributed by atoms with Crippen LogP contribution in [0.25, 0.3) is 21.7 Å². The van der Waals surface area contributed by atoms with Gasteiger partial charge in [0.05, 0.1) is 11.1 Å². The van der Waals surface area contributed by atoms with Crippen LogP contribution in [0.15, 0.2) is 42.7 Å². The zero-order valence-electron chi connectivity index (χ0n) is 16.3. The number of aryl methyl sites for hydroxylation is 1. The number of fused-ring (bicyclic) bond motifs is 2. The number of halogens is 1. The summed E-state index contributed by atoms with van der Waals surface area (Å²) in [6.45, 7) is 1.45. The molecule has 2 N–H and O–H groups in total. The van der Waals surface area contributed by atoms with Gasteiger partial charge in [0.2, 0.25) is 11.8 Å². The van der Waals surface area contributed by atoms with Crippen LogP contribution in [0.2, 0.25) is 0 Å². The highest BCUT2D eigenvalue weighted by Crippen LogP contribution is 2.45. The molecule has 2 heterocycles. The molecular weight excluding hydrogens is 373 g/mol. The van der Waals surface area contributed by atoms with Crippen molar-refractivity contribution in [3.8, 4) is 11.6 Å². The van der Waals surface area contributed by atoms with Crippen LogP contribution in [-0.4, -0.2) is 32.7 Å². The Kier molecular flexibility index (Phi) is 4.38. The van der Waals surface area contributed by atoms with E-state index in [0.717, 1.165) is 11.1 Å². The Bertz CT molecular complexity index is 1260. The zero-order valence-corrected chi connectivity index (χ0v) is 16.3. The van der Waals surface area contributed by atoms with Crippen molar-refractivity contribution in [3.05, 3.63) is 59.7 Å². The topological polar surface area (TPSA) is 78.6 Å². The monoisotopic (exact) mass is 393 g/mol. The quantitative estimate of drug-likeness (QED) is 0.554. The SMILES string of the molecule is CC(=O)N(C)c1c2cc(Cc3ccc(F)cc3)cnc2c(O)c2c(O)n(C)cc12. The Balaban J connectivity index is 1.99. The number of anilines is 1. The van der Waals surface area contributed by atoms with Crippen molar-refractivity contribution in [2.24, 2.45) is 7.05 Å². The third-order valence-electron chi connectivity index (χ3n) is 5.19. The minimum Gasteiger partial charge on any atom is -0.505 e. The molecule has 0 aliphatic rings. The summed E-state index contributed by atoms with van der Waals surface area (Å²) < 4.78 is 14.7. The van der Waals surface area contributed by atoms with Gasteiger partial charge in [-0.2, -0.15) is 0 Å². The second-order valence-corrected chi connectivity index (χ2v) is 7.17. The molecule has 0 fully saturated rings. The van der Waals surface area contributed by atoms with E-state index >= 15 is 0 Å². The number of carbonyl (C=O) groups is 1. The molecule has 2 aromatic heterocycles. The van der Waals surface area contributed by atoms with Crippen LogP contribution in [0, 0.1) is 5.82 Å². The second-order valence-electron chi connectivity index (χ2n) is 7.17. The number of hydrogen-bond donors (Lipinski definition) is 2. The normalized spacial score (nSPS) is 11.3. The van der Waals surface area contributed by atoms with Crippen molar-refractivity contribution >= 4 is 33.3 Å². The second kappa shape index (κ2) is 6.77. The molecule has 0 aliphatic heterocycles. The molecule has 1 amide bonds. The first-order valence-corrected chi connectivity index (χ1v) is 9.08. The molecule has 0 saturated heterocycles. The highest BCUT2D eigenvalue weighted by molar-refractivity contribution is 6.19. The van der Waals surface area contributed by atoms with Crippen molar-refractivity contribution in [2.45, 2.75) is 13.3 Å². The van der Waals surface area contributed by atoms with Crippen molar-refractivity contribution in [2.75, 3.05) is 11.9 Å². The summed E-state index contributed by atoms with van der Waals surface area (Å²) in [5.41, 5.74) is 2.62. The van der Waals surface area contributed by atoms with E-state index in [-0.39, 0.29) is 28.7 Å². The predicted octanol–water partition coefficient (Wildman–Crippen LogP) is 3.85. The molecule has 0 aliphatic carbocycles. The van der Waals surface area contributed by atoms with Gasteiger partial charge in [-0.1, -0.05) is 12.1 Å². The van der Waals surface area contributed by atoms with E-state index in [0.29, 0.717) is 28.4 Å². The molecule has 0 spiro atoms. The molecule has 0 saturated carbocycles. The van der Waals surface area contributed by atoms with Crippen LogP contribution in [0.5, 0.6) is 11.6 Å². The van der Waals surface area contributed by atoms with Crippen molar-refractivity contribution < 1.29 is 19.4 Å². The molecule has 29 heavy (non-hydrogen) atoms. The van der Waals surface area contributed by atoms with E-state index in [2.05, 4.69) is 4.98 Å². The summed E-state index contributed by atoms with van der Waals surface area (Å²) in [6, 6.07) is 8.08. The Morgan fingerprint density at radius 1 is 1.17 bits per heavy atom. The number of aromatic nitrogens is 2. The van der Waals surface area contributed by atoms with Gasteiger partial charge in [-0.05, 0) is 35.7 Å². The van der Waals surface area contributed by atoms with E-state index in [1.54, 1.807) is 38.6 Å². The molecule has 0 radical (unpaired) electrons. The molecule has 4 rings (SSSR count). The minimum atomic E-state index is -0.299. The molecule has 0 atom stereocenters. The van der Waals surface area contributed by atoms with E-state index < -0.39 is 0 Å². The summed E-state index contributed by atoms with van der Waals surface area (Å²) in [4.78, 5) is 18.0. The van der Waals surface area contributed by atoms with Crippen molar-refractivity contribution in [1.29, 1.82) is 0 Å². The molecule has 2 aromatic carbocycles. The number of aromatic hydroxyl groups is 2. The van der Waals surface area contributed by atoms with E-state index in [1.165, 1.54) is 28.5 Å². The summed E-state index contributed by atoms with van der Waals surface area (Å²) >= 11 is 0. The van der Waals surface area contributed by atoms with Gasteiger partial charge in [0.25, 0.3) is 0 Å². The molecule has 148 valence electrons. The largest absolute Gasteiger partial charge is 0.505 e. The van der Waals surface area contributed by atoms with Crippen LogP contribution in [0.3, 0.4) is 0 Å². The van der Waals surface area contributed by atoms with E-state index in [1.807, 2.05) is 6.07 Å². The van der Waals surface area contributed by atoms with Gasteiger partial charge in [0.15, 0.2) is 5.75 Å². The van der Waals surface area contributed by atoms with E-state index in [9.17, 15) is 19.4 Å². The first kappa shape index (κ1) is 18.7. The standard InChI is InChI=1S/C22H20FN3O3/c1-12(27)26(3)20-16-9-14(8-13-4-6-15(23)7-5-13)10-24-19(16)21(28)18-17(20)11-25(2)22(18)29/h4-7,9-11,28-29H,8H2,1-3H3. The lowest BCUT2D eigenvalue weighted by Gasteiger charge is -2.20. The van der Waals surface area contributed by atoms with Crippen LogP contribution in [0.1, 0.15) is 18.1 Å². The smallest absolute Gasteiger partial charge is 0.223 e. The third-order valence-corrected chi connectivity index (χ3v) is 5.19. The van der Waals surface area contributed by atoms with E-state index in [4.69, 9.17) is 0 Å². The fourth-order valence-electron chi connectivity index (χ4n) is 3.62.